The molecule has 0 saturated carbocycles. The lowest BCUT2D eigenvalue weighted by molar-refractivity contribution is -0.150. The highest BCUT2D eigenvalue weighted by Crippen LogP contribution is 2.18. The van der Waals surface area contributed by atoms with E-state index < -0.39 is 24.5 Å². The number of carboxylic acids is 1. The van der Waals surface area contributed by atoms with Gasteiger partial charge in [0.25, 0.3) is 0 Å². The molecular weight excluding hydrogens is 777 g/mol. The van der Waals surface area contributed by atoms with Crippen LogP contribution >= 0.6 is 0 Å². The van der Waals surface area contributed by atoms with Crippen LogP contribution in [0.15, 0.2) is 72.9 Å². The fourth-order valence-corrected chi connectivity index (χ4v) is 6.92. The molecule has 9 heteroatoms. The number of unbranched alkanes of at least 4 members (excludes halogenated alkanes) is 18. The SMILES string of the molecule is CC/C=C\C/C=C\C/C=C\C/C=C\CCCCCCCCCCC(=O)OC(CCC/C=C\C/C=C\CCCCCCC)CCCCCCCC(=O)NCC(=O)NC(CO)C(=O)O. The molecule has 354 valence electrons. The van der Waals surface area contributed by atoms with Crippen molar-refractivity contribution in [3.8, 4) is 0 Å². The average Bonchev–Trinajstić information content (AvgIpc) is 3.26. The highest BCUT2D eigenvalue weighted by Gasteiger charge is 2.19. The molecule has 62 heavy (non-hydrogen) atoms. The first-order valence-electron chi connectivity index (χ1n) is 24.8. The van der Waals surface area contributed by atoms with Crippen molar-refractivity contribution < 1.29 is 34.1 Å². The van der Waals surface area contributed by atoms with Crippen LogP contribution in [0.1, 0.15) is 213 Å². The maximum absolute atomic E-state index is 12.9. The smallest absolute Gasteiger partial charge is 0.328 e. The van der Waals surface area contributed by atoms with Gasteiger partial charge in [0, 0.05) is 12.8 Å². The zero-order valence-electron chi connectivity index (χ0n) is 39.4. The van der Waals surface area contributed by atoms with Gasteiger partial charge in [0.1, 0.15) is 12.1 Å². The van der Waals surface area contributed by atoms with E-state index in [1.54, 1.807) is 0 Å². The third-order valence-corrected chi connectivity index (χ3v) is 10.7. The topological polar surface area (TPSA) is 142 Å². The summed E-state index contributed by atoms with van der Waals surface area (Å²) in [5, 5.41) is 22.6. The summed E-state index contributed by atoms with van der Waals surface area (Å²) in [6.07, 6.45) is 59.3. The summed E-state index contributed by atoms with van der Waals surface area (Å²) in [4.78, 5) is 47.7. The van der Waals surface area contributed by atoms with Gasteiger partial charge in [0.2, 0.25) is 11.8 Å². The number of amides is 2. The molecule has 4 N–H and O–H groups in total. The van der Waals surface area contributed by atoms with Crippen LogP contribution in [-0.2, 0) is 23.9 Å². The monoisotopic (exact) mass is 867 g/mol. The molecule has 0 fully saturated rings. The summed E-state index contributed by atoms with van der Waals surface area (Å²) in [6.45, 7) is 3.36. The molecule has 0 aliphatic carbocycles. The minimum absolute atomic E-state index is 0.0660. The summed E-state index contributed by atoms with van der Waals surface area (Å²) < 4.78 is 6.03. The molecule has 0 aromatic heterocycles. The Kier molecular flexibility index (Phi) is 44.0. The van der Waals surface area contributed by atoms with E-state index >= 15 is 0 Å². The summed E-state index contributed by atoms with van der Waals surface area (Å²) in [6, 6.07) is -1.39. The van der Waals surface area contributed by atoms with Crippen LogP contribution in [0.2, 0.25) is 0 Å². The number of carbonyl (C=O) groups excluding carboxylic acids is 3. The number of aliphatic carboxylic acids is 1. The molecule has 0 aliphatic heterocycles. The number of carbonyl (C=O) groups is 4. The van der Waals surface area contributed by atoms with Crippen LogP contribution in [0, 0.1) is 0 Å². The lowest BCUT2D eigenvalue weighted by Crippen LogP contribution is -2.47. The second-order valence-electron chi connectivity index (χ2n) is 16.5. The highest BCUT2D eigenvalue weighted by atomic mass is 16.5. The van der Waals surface area contributed by atoms with E-state index in [1.807, 2.05) is 0 Å². The van der Waals surface area contributed by atoms with E-state index in [0.717, 1.165) is 103 Å². The molecule has 0 bridgehead atoms. The second-order valence-corrected chi connectivity index (χ2v) is 16.5. The molecule has 0 spiro atoms. The van der Waals surface area contributed by atoms with Crippen molar-refractivity contribution in [3.63, 3.8) is 0 Å². The summed E-state index contributed by atoms with van der Waals surface area (Å²) in [5.74, 6) is -2.34. The molecule has 0 heterocycles. The van der Waals surface area contributed by atoms with Crippen LogP contribution in [0.5, 0.6) is 0 Å². The van der Waals surface area contributed by atoms with Crippen LogP contribution < -0.4 is 10.6 Å². The van der Waals surface area contributed by atoms with E-state index in [-0.39, 0.29) is 30.9 Å². The first kappa shape index (κ1) is 58.3. The normalized spacial score (nSPS) is 13.1. The Hall–Kier alpha value is -3.72. The number of allylic oxidation sites excluding steroid dienone is 12. The Morgan fingerprint density at radius 2 is 0.935 bits per heavy atom. The van der Waals surface area contributed by atoms with E-state index in [9.17, 15) is 19.2 Å². The fourth-order valence-electron chi connectivity index (χ4n) is 6.92. The van der Waals surface area contributed by atoms with Crippen molar-refractivity contribution in [3.05, 3.63) is 72.9 Å². The van der Waals surface area contributed by atoms with Crippen molar-refractivity contribution in [2.24, 2.45) is 0 Å². The molecule has 0 aromatic carbocycles. The molecule has 2 atom stereocenters. The minimum Gasteiger partial charge on any atom is -0.480 e. The van der Waals surface area contributed by atoms with Gasteiger partial charge in [0.05, 0.1) is 13.2 Å². The van der Waals surface area contributed by atoms with Gasteiger partial charge < -0.3 is 25.6 Å². The number of aliphatic hydroxyl groups is 1. The van der Waals surface area contributed by atoms with Gasteiger partial charge in [-0.05, 0) is 103 Å². The van der Waals surface area contributed by atoms with Crippen molar-refractivity contribution in [1.82, 2.24) is 10.6 Å². The molecule has 0 saturated heterocycles. The molecule has 2 amide bonds. The van der Waals surface area contributed by atoms with Crippen molar-refractivity contribution in [1.29, 1.82) is 0 Å². The van der Waals surface area contributed by atoms with E-state index in [1.165, 1.54) is 77.0 Å². The van der Waals surface area contributed by atoms with Crippen molar-refractivity contribution >= 4 is 23.8 Å². The minimum atomic E-state index is -1.39. The van der Waals surface area contributed by atoms with E-state index in [4.69, 9.17) is 14.9 Å². The lowest BCUT2D eigenvalue weighted by Gasteiger charge is -2.18. The van der Waals surface area contributed by atoms with Crippen molar-refractivity contribution in [2.45, 2.75) is 225 Å². The third kappa shape index (κ3) is 42.9. The van der Waals surface area contributed by atoms with Gasteiger partial charge in [-0.3, -0.25) is 14.4 Å². The molecular formula is C53H90N2O7. The molecule has 2 unspecified atom stereocenters. The standard InChI is InChI=1S/C53H90N2O7/c1-3-5-7-9-11-13-15-17-18-19-20-21-22-23-24-26-28-30-32-37-41-45-52(59)62-48(42-38-34-31-29-27-25-16-14-12-10-8-6-4-2)43-39-35-33-36-40-44-50(57)54-46-51(58)55-49(47-56)53(60)61/h5,7,11,13,16-18,20-21,25,29,31,48-49,56H,3-4,6,8-10,12,14-15,19,22-24,26-28,30,32-47H2,1-2H3,(H,54,57)(H,55,58)(H,60,61)/b7-5-,13-11-,18-17-,21-20-,25-16-,31-29-. The van der Waals surface area contributed by atoms with Gasteiger partial charge >= 0.3 is 11.9 Å². The van der Waals surface area contributed by atoms with Gasteiger partial charge in [0.15, 0.2) is 0 Å². The zero-order valence-corrected chi connectivity index (χ0v) is 39.4. The Morgan fingerprint density at radius 3 is 1.45 bits per heavy atom. The predicted octanol–water partition coefficient (Wildman–Crippen LogP) is 13.0. The van der Waals surface area contributed by atoms with Gasteiger partial charge in [-0.1, -0.05) is 170 Å². The largest absolute Gasteiger partial charge is 0.480 e. The Bertz CT molecular complexity index is 1270. The number of nitrogens with one attached hydrogen (secondary N) is 2. The fraction of sp³-hybridized carbons (Fsp3) is 0.698. The number of hydrogen-bond donors (Lipinski definition) is 4. The quantitative estimate of drug-likeness (QED) is 0.0271. The maximum Gasteiger partial charge on any atom is 0.328 e. The first-order chi connectivity index (χ1) is 30.3. The summed E-state index contributed by atoms with van der Waals surface area (Å²) >= 11 is 0. The number of esters is 1. The lowest BCUT2D eigenvalue weighted by atomic mass is 10.0. The number of ether oxygens (including phenoxy) is 1. The Labute approximate surface area is 378 Å². The van der Waals surface area contributed by atoms with Gasteiger partial charge in [-0.2, -0.15) is 0 Å². The maximum atomic E-state index is 12.9. The molecule has 0 aromatic rings. The van der Waals surface area contributed by atoms with E-state index in [0.29, 0.717) is 12.8 Å². The summed E-state index contributed by atoms with van der Waals surface area (Å²) in [5.41, 5.74) is 0. The van der Waals surface area contributed by atoms with E-state index in [2.05, 4.69) is 97.4 Å². The molecule has 0 aliphatic rings. The van der Waals surface area contributed by atoms with Gasteiger partial charge in [-0.25, -0.2) is 4.79 Å². The molecule has 0 rings (SSSR count). The number of hydrogen-bond acceptors (Lipinski definition) is 6. The third-order valence-electron chi connectivity index (χ3n) is 10.7. The van der Waals surface area contributed by atoms with Crippen LogP contribution in [0.4, 0.5) is 0 Å². The van der Waals surface area contributed by atoms with Crippen LogP contribution in [0.3, 0.4) is 0 Å². The van der Waals surface area contributed by atoms with Crippen LogP contribution in [0.25, 0.3) is 0 Å². The molecule has 0 radical (unpaired) electrons. The average molecular weight is 867 g/mol. The number of rotatable bonds is 44. The number of aliphatic hydroxyl groups excluding tert-OH is 1. The first-order valence-corrected chi connectivity index (χ1v) is 24.8. The predicted molar refractivity (Wildman–Crippen MR) is 259 cm³/mol. The van der Waals surface area contributed by atoms with Gasteiger partial charge in [-0.15, -0.1) is 0 Å². The Balaban J connectivity index is 4.35. The zero-order chi connectivity index (χ0) is 45.4. The highest BCUT2D eigenvalue weighted by molar-refractivity contribution is 5.87. The Morgan fingerprint density at radius 1 is 0.500 bits per heavy atom. The summed E-state index contributed by atoms with van der Waals surface area (Å²) in [7, 11) is 0. The van der Waals surface area contributed by atoms with Crippen LogP contribution in [-0.4, -0.2) is 59.3 Å². The van der Waals surface area contributed by atoms with Crippen molar-refractivity contribution in [2.75, 3.05) is 13.2 Å². The second kappa shape index (κ2) is 46.8. The number of carboxylic acid groups (broad SMARTS) is 1. The molecule has 9 nitrogen and oxygen atoms in total.